The first-order valence-electron chi connectivity index (χ1n) is 6.52. The second-order valence-electron chi connectivity index (χ2n) is 4.48. The second-order valence-corrected chi connectivity index (χ2v) is 5.46. The van der Waals surface area contributed by atoms with Crippen LogP contribution < -0.4 is 10.6 Å². The minimum absolute atomic E-state index is 0.433. The van der Waals surface area contributed by atoms with Crippen LogP contribution in [0.2, 0.25) is 0 Å². The molecule has 1 heterocycles. The van der Waals surface area contributed by atoms with Crippen LogP contribution in [0.1, 0.15) is 10.9 Å². The first-order chi connectivity index (χ1) is 10.0. The average Bonchev–Trinajstić information content (AvgIpc) is 2.96. The highest BCUT2D eigenvalue weighted by atomic mass is 32.1. The van der Waals surface area contributed by atoms with Crippen molar-refractivity contribution in [3.8, 4) is 0 Å². The fourth-order valence-electron chi connectivity index (χ4n) is 1.61. The van der Waals surface area contributed by atoms with E-state index in [1.807, 2.05) is 11.9 Å². The Hall–Kier alpha value is -1.64. The molecule has 1 unspecified atom stereocenters. The van der Waals surface area contributed by atoms with E-state index < -0.39 is 18.0 Å². The molecular formula is C13H21N3O4S. The van der Waals surface area contributed by atoms with Crippen molar-refractivity contribution in [1.29, 1.82) is 0 Å². The van der Waals surface area contributed by atoms with E-state index in [0.29, 0.717) is 24.6 Å². The summed E-state index contributed by atoms with van der Waals surface area (Å²) in [5.41, 5.74) is 0. The Morgan fingerprint density at radius 3 is 2.81 bits per heavy atom. The Balaban J connectivity index is 2.33. The summed E-state index contributed by atoms with van der Waals surface area (Å²) in [7, 11) is 3.56. The van der Waals surface area contributed by atoms with Crippen molar-refractivity contribution in [1.82, 2.24) is 15.5 Å². The van der Waals surface area contributed by atoms with Gasteiger partial charge < -0.3 is 25.4 Å². The number of thiophene rings is 1. The van der Waals surface area contributed by atoms with E-state index in [-0.39, 0.29) is 0 Å². The third-order valence-electron chi connectivity index (χ3n) is 2.81. The fourth-order valence-corrected chi connectivity index (χ4v) is 2.38. The number of likely N-dealkylation sites (N-methyl/N-ethyl adjacent to an activating group) is 1. The quantitative estimate of drug-likeness (QED) is 0.625. The van der Waals surface area contributed by atoms with Crippen molar-refractivity contribution in [3.63, 3.8) is 0 Å². The molecule has 0 saturated heterocycles. The molecule has 7 nitrogen and oxygen atoms in total. The summed E-state index contributed by atoms with van der Waals surface area (Å²) >= 11 is 1.29. The molecule has 0 radical (unpaired) electrons. The zero-order valence-electron chi connectivity index (χ0n) is 12.2. The molecule has 3 N–H and O–H groups in total. The Labute approximate surface area is 127 Å². The fraction of sp³-hybridized carbons (Fsp3) is 0.538. The largest absolute Gasteiger partial charge is 0.479 e. The van der Waals surface area contributed by atoms with Gasteiger partial charge in [0, 0.05) is 31.6 Å². The lowest BCUT2D eigenvalue weighted by Gasteiger charge is -2.17. The molecule has 0 aromatic carbocycles. The number of rotatable bonds is 9. The first kappa shape index (κ1) is 17.4. The number of carboxylic acids is 1. The van der Waals surface area contributed by atoms with Crippen molar-refractivity contribution in [2.75, 3.05) is 40.4 Å². The summed E-state index contributed by atoms with van der Waals surface area (Å²) in [5, 5.41) is 16.0. The molecule has 1 aromatic rings. The predicted molar refractivity (Wildman–Crippen MR) is 80.6 cm³/mol. The predicted octanol–water partition coefficient (Wildman–Crippen LogP) is 0.751. The maximum atomic E-state index is 11.7. The number of amides is 2. The Bertz CT molecular complexity index is 439. The van der Waals surface area contributed by atoms with Crippen LogP contribution in [0.25, 0.3) is 0 Å². The molecule has 1 aromatic heterocycles. The number of urea groups is 1. The van der Waals surface area contributed by atoms with Gasteiger partial charge in [-0.2, -0.15) is 0 Å². The standard InChI is InChI=1S/C13H21N3O4S/c1-16(7-8-20-2)6-5-14-13(19)15-11(12(17)18)10-4-3-9-21-10/h3-4,9,11H,5-8H2,1-2H3,(H,17,18)(H2,14,15,19). The van der Waals surface area contributed by atoms with Gasteiger partial charge in [0.05, 0.1) is 6.61 Å². The molecular weight excluding hydrogens is 294 g/mol. The summed E-state index contributed by atoms with van der Waals surface area (Å²) in [6.07, 6.45) is 0. The van der Waals surface area contributed by atoms with E-state index in [1.165, 1.54) is 11.3 Å². The number of nitrogens with one attached hydrogen (secondary N) is 2. The number of carbonyl (C=O) groups is 2. The van der Waals surface area contributed by atoms with Gasteiger partial charge in [-0.25, -0.2) is 9.59 Å². The van der Waals surface area contributed by atoms with Gasteiger partial charge in [-0.1, -0.05) is 6.07 Å². The molecule has 0 aliphatic heterocycles. The van der Waals surface area contributed by atoms with Gasteiger partial charge >= 0.3 is 12.0 Å². The maximum Gasteiger partial charge on any atom is 0.331 e. The van der Waals surface area contributed by atoms with Crippen LogP contribution in [0.3, 0.4) is 0 Å². The second kappa shape index (κ2) is 9.32. The number of hydrogen-bond acceptors (Lipinski definition) is 5. The van der Waals surface area contributed by atoms with Crippen LogP contribution in [-0.2, 0) is 9.53 Å². The number of carbonyl (C=O) groups excluding carboxylic acids is 1. The maximum absolute atomic E-state index is 11.7. The first-order valence-corrected chi connectivity index (χ1v) is 7.40. The monoisotopic (exact) mass is 315 g/mol. The van der Waals surface area contributed by atoms with Crippen molar-refractivity contribution in [2.45, 2.75) is 6.04 Å². The number of methoxy groups -OCH3 is 1. The van der Waals surface area contributed by atoms with Gasteiger partial charge in [-0.3, -0.25) is 0 Å². The molecule has 118 valence electrons. The lowest BCUT2D eigenvalue weighted by atomic mass is 10.2. The Kier molecular flexibility index (Phi) is 7.73. The smallest absolute Gasteiger partial charge is 0.331 e. The van der Waals surface area contributed by atoms with E-state index in [1.54, 1.807) is 24.6 Å². The van der Waals surface area contributed by atoms with E-state index in [9.17, 15) is 9.59 Å². The van der Waals surface area contributed by atoms with Crippen molar-refractivity contribution < 1.29 is 19.4 Å². The Morgan fingerprint density at radius 2 is 2.24 bits per heavy atom. The van der Waals surface area contributed by atoms with Gasteiger partial charge in [0.2, 0.25) is 0 Å². The number of hydrogen-bond donors (Lipinski definition) is 3. The molecule has 0 aliphatic rings. The van der Waals surface area contributed by atoms with E-state index in [2.05, 4.69) is 10.6 Å². The van der Waals surface area contributed by atoms with Gasteiger partial charge in [0.25, 0.3) is 0 Å². The molecule has 0 fully saturated rings. The minimum atomic E-state index is -1.08. The normalized spacial score (nSPS) is 12.1. The van der Waals surface area contributed by atoms with Gasteiger partial charge in [0.1, 0.15) is 0 Å². The molecule has 0 bridgehead atoms. The lowest BCUT2D eigenvalue weighted by Crippen LogP contribution is -2.43. The summed E-state index contributed by atoms with van der Waals surface area (Å²) < 4.78 is 4.95. The molecule has 0 spiro atoms. The van der Waals surface area contributed by atoms with E-state index in [4.69, 9.17) is 9.84 Å². The van der Waals surface area contributed by atoms with Crippen LogP contribution >= 0.6 is 11.3 Å². The Morgan fingerprint density at radius 1 is 1.48 bits per heavy atom. The van der Waals surface area contributed by atoms with E-state index >= 15 is 0 Å². The number of ether oxygens (including phenoxy) is 1. The van der Waals surface area contributed by atoms with Crippen LogP contribution in [0.4, 0.5) is 4.79 Å². The zero-order valence-corrected chi connectivity index (χ0v) is 13.0. The number of aliphatic carboxylic acids is 1. The topological polar surface area (TPSA) is 90.9 Å². The molecule has 1 atom stereocenters. The highest BCUT2D eigenvalue weighted by Crippen LogP contribution is 2.18. The summed E-state index contributed by atoms with van der Waals surface area (Å²) in [6.45, 7) is 2.49. The van der Waals surface area contributed by atoms with Gasteiger partial charge in [-0.15, -0.1) is 11.3 Å². The van der Waals surface area contributed by atoms with Crippen LogP contribution in [0.5, 0.6) is 0 Å². The molecule has 8 heteroatoms. The third-order valence-corrected chi connectivity index (χ3v) is 3.74. The number of nitrogens with zero attached hydrogens (tertiary/aromatic N) is 1. The molecule has 0 aliphatic carbocycles. The molecule has 21 heavy (non-hydrogen) atoms. The van der Waals surface area contributed by atoms with Crippen molar-refractivity contribution in [3.05, 3.63) is 22.4 Å². The third kappa shape index (κ3) is 6.56. The zero-order chi connectivity index (χ0) is 15.7. The van der Waals surface area contributed by atoms with E-state index in [0.717, 1.165) is 6.54 Å². The van der Waals surface area contributed by atoms with Gasteiger partial charge in [-0.05, 0) is 18.5 Å². The van der Waals surface area contributed by atoms with Crippen LogP contribution in [0, 0.1) is 0 Å². The highest BCUT2D eigenvalue weighted by Gasteiger charge is 2.22. The number of carboxylic acid groups (broad SMARTS) is 1. The summed E-state index contributed by atoms with van der Waals surface area (Å²) in [5.74, 6) is -1.08. The summed E-state index contributed by atoms with van der Waals surface area (Å²) in [4.78, 5) is 25.5. The average molecular weight is 315 g/mol. The van der Waals surface area contributed by atoms with Crippen molar-refractivity contribution >= 4 is 23.3 Å². The van der Waals surface area contributed by atoms with Gasteiger partial charge in [0.15, 0.2) is 6.04 Å². The van der Waals surface area contributed by atoms with Crippen LogP contribution in [-0.4, -0.2) is 62.4 Å². The van der Waals surface area contributed by atoms with Crippen LogP contribution in [0.15, 0.2) is 17.5 Å². The minimum Gasteiger partial charge on any atom is -0.479 e. The lowest BCUT2D eigenvalue weighted by molar-refractivity contribution is -0.139. The highest BCUT2D eigenvalue weighted by molar-refractivity contribution is 7.10. The summed E-state index contributed by atoms with van der Waals surface area (Å²) in [6, 6.07) is 1.93. The molecule has 0 saturated carbocycles. The molecule has 1 rings (SSSR count). The molecule has 2 amide bonds. The SMILES string of the molecule is COCCN(C)CCNC(=O)NC(C(=O)O)c1cccs1. The van der Waals surface area contributed by atoms with Crippen molar-refractivity contribution in [2.24, 2.45) is 0 Å².